The van der Waals surface area contributed by atoms with E-state index >= 15 is 0 Å². The topological polar surface area (TPSA) is 81.7 Å². The number of esters is 1. The summed E-state index contributed by atoms with van der Waals surface area (Å²) in [4.78, 5) is 11.1. The number of alkyl halides is 1. The fourth-order valence-corrected chi connectivity index (χ4v) is 4.16. The highest BCUT2D eigenvalue weighted by atomic mass is 79.9. The Balaban J connectivity index is 2.77. The van der Waals surface area contributed by atoms with Crippen LogP contribution in [0.2, 0.25) is 0 Å². The number of ether oxygens (including phenoxy) is 1. The largest absolute Gasteiger partial charge is 0.461 e. The highest BCUT2D eigenvalue weighted by Gasteiger charge is 2.36. The number of carbonyl (C=O) groups is 1. The molecule has 1 fully saturated rings. The molecular formula is C12H22BrNO5S. The molecule has 1 N–H and O–H groups in total. The monoisotopic (exact) mass is 371 g/mol. The smallest absolute Gasteiger partial charge is 0.336 e. The molecule has 1 aliphatic rings. The Morgan fingerprint density at radius 1 is 1.50 bits per heavy atom. The fraction of sp³-hybridized carbons (Fsp3) is 0.917. The van der Waals surface area contributed by atoms with Gasteiger partial charge in [0.1, 0.15) is 6.10 Å². The van der Waals surface area contributed by atoms with Crippen LogP contribution in [0.4, 0.5) is 0 Å². The molecule has 3 atom stereocenters. The number of unbranched alkanes of at least 4 members (excludes halogenated alkanes) is 2. The van der Waals surface area contributed by atoms with Gasteiger partial charge < -0.3 is 4.74 Å². The van der Waals surface area contributed by atoms with Crippen molar-refractivity contribution in [3.63, 3.8) is 0 Å². The van der Waals surface area contributed by atoms with Crippen molar-refractivity contribution in [2.75, 3.05) is 6.61 Å². The number of hydrogen-bond acceptors (Lipinski definition) is 5. The van der Waals surface area contributed by atoms with Crippen LogP contribution in [-0.4, -0.2) is 38.0 Å². The van der Waals surface area contributed by atoms with Crippen LogP contribution in [0.25, 0.3) is 0 Å². The first kappa shape index (κ1) is 17.9. The summed E-state index contributed by atoms with van der Waals surface area (Å²) >= 11 is 3.51. The Kier molecular flexibility index (Phi) is 7.42. The summed E-state index contributed by atoms with van der Waals surface area (Å²) in [6.45, 7) is 3.43. The van der Waals surface area contributed by atoms with Crippen molar-refractivity contribution in [3.05, 3.63) is 0 Å². The van der Waals surface area contributed by atoms with Crippen molar-refractivity contribution in [2.24, 2.45) is 0 Å². The van der Waals surface area contributed by atoms with E-state index in [4.69, 9.17) is 8.92 Å². The van der Waals surface area contributed by atoms with Gasteiger partial charge in [-0.1, -0.05) is 42.1 Å². The van der Waals surface area contributed by atoms with Crippen molar-refractivity contribution >= 4 is 32.2 Å². The van der Waals surface area contributed by atoms with Gasteiger partial charge in [0.2, 0.25) is 0 Å². The summed E-state index contributed by atoms with van der Waals surface area (Å²) < 4.78 is 35.8. The molecule has 20 heavy (non-hydrogen) atoms. The molecule has 118 valence electrons. The van der Waals surface area contributed by atoms with E-state index in [0.717, 1.165) is 25.7 Å². The predicted molar refractivity (Wildman–Crippen MR) is 78.8 cm³/mol. The lowest BCUT2D eigenvalue weighted by Gasteiger charge is -2.28. The van der Waals surface area contributed by atoms with Gasteiger partial charge in [-0.2, -0.15) is 13.1 Å². The SMILES string of the molecule is CCCCC[C@H](Br)[C@H]1NS(=O)(=O)OCC[C@H]1OC(C)=O. The van der Waals surface area contributed by atoms with Gasteiger partial charge in [0, 0.05) is 18.2 Å². The second-order valence-corrected chi connectivity index (χ2v) is 7.42. The van der Waals surface area contributed by atoms with E-state index in [1.165, 1.54) is 6.92 Å². The molecule has 0 aromatic heterocycles. The predicted octanol–water partition coefficient (Wildman–Crippen LogP) is 1.89. The molecule has 1 rings (SSSR count). The summed E-state index contributed by atoms with van der Waals surface area (Å²) in [5.41, 5.74) is 0. The molecule has 1 aliphatic heterocycles. The first-order valence-corrected chi connectivity index (χ1v) is 9.16. The maximum absolute atomic E-state index is 11.7. The van der Waals surface area contributed by atoms with Crippen LogP contribution >= 0.6 is 15.9 Å². The average molecular weight is 372 g/mol. The van der Waals surface area contributed by atoms with Crippen LogP contribution in [-0.2, 0) is 24.0 Å². The Morgan fingerprint density at radius 3 is 2.80 bits per heavy atom. The van der Waals surface area contributed by atoms with Crippen molar-refractivity contribution in [1.82, 2.24) is 4.72 Å². The molecule has 8 heteroatoms. The number of hydrogen-bond donors (Lipinski definition) is 1. The summed E-state index contributed by atoms with van der Waals surface area (Å²) in [5, 5.41) is 0. The van der Waals surface area contributed by atoms with Crippen molar-refractivity contribution in [1.29, 1.82) is 0 Å². The van der Waals surface area contributed by atoms with E-state index in [1.54, 1.807) is 0 Å². The first-order chi connectivity index (χ1) is 9.35. The van der Waals surface area contributed by atoms with Crippen LogP contribution in [0.1, 0.15) is 46.0 Å². The van der Waals surface area contributed by atoms with Crippen molar-refractivity contribution in [3.8, 4) is 0 Å². The normalized spacial score (nSPS) is 27.6. The van der Waals surface area contributed by atoms with Gasteiger partial charge in [0.25, 0.3) is 0 Å². The van der Waals surface area contributed by atoms with Crippen molar-refractivity contribution in [2.45, 2.75) is 62.9 Å². The van der Waals surface area contributed by atoms with Gasteiger partial charge >= 0.3 is 16.3 Å². The zero-order chi connectivity index (χ0) is 15.2. The standard InChI is InChI=1S/C12H22BrNO5S/c1-3-4-5-6-10(13)12-11(19-9(2)15)7-8-18-20(16,17)14-12/h10-12,14H,3-8H2,1-2H3/t10-,11+,12+/m0/s1. The van der Waals surface area contributed by atoms with E-state index in [0.29, 0.717) is 6.42 Å². The van der Waals surface area contributed by atoms with Crippen LogP contribution < -0.4 is 4.72 Å². The minimum Gasteiger partial charge on any atom is -0.461 e. The Morgan fingerprint density at radius 2 is 2.20 bits per heavy atom. The molecule has 0 amide bonds. The molecule has 0 bridgehead atoms. The lowest BCUT2D eigenvalue weighted by molar-refractivity contribution is -0.147. The van der Waals surface area contributed by atoms with E-state index in [2.05, 4.69) is 27.6 Å². The van der Waals surface area contributed by atoms with E-state index in [1.807, 2.05) is 0 Å². The fourth-order valence-electron chi connectivity index (χ4n) is 2.15. The van der Waals surface area contributed by atoms with Gasteiger partial charge in [0.05, 0.1) is 12.6 Å². The second-order valence-electron chi connectivity index (χ2n) is 4.87. The van der Waals surface area contributed by atoms with Crippen LogP contribution in [0, 0.1) is 0 Å². The highest BCUT2D eigenvalue weighted by molar-refractivity contribution is 9.09. The lowest BCUT2D eigenvalue weighted by Crippen LogP contribution is -2.48. The third-order valence-electron chi connectivity index (χ3n) is 3.11. The number of nitrogens with one attached hydrogen (secondary N) is 1. The first-order valence-electron chi connectivity index (χ1n) is 6.83. The van der Waals surface area contributed by atoms with E-state index < -0.39 is 28.4 Å². The minimum atomic E-state index is -3.78. The second kappa shape index (κ2) is 8.31. The zero-order valence-corrected chi connectivity index (χ0v) is 14.2. The molecule has 1 heterocycles. The van der Waals surface area contributed by atoms with Gasteiger partial charge in [-0.25, -0.2) is 0 Å². The van der Waals surface area contributed by atoms with Gasteiger partial charge in [0.15, 0.2) is 0 Å². The summed E-state index contributed by atoms with van der Waals surface area (Å²) in [6, 6.07) is -0.511. The quantitative estimate of drug-likeness (QED) is 0.437. The van der Waals surface area contributed by atoms with Crippen molar-refractivity contribution < 1.29 is 22.1 Å². The summed E-state index contributed by atoms with van der Waals surface area (Å²) in [5.74, 6) is -0.422. The van der Waals surface area contributed by atoms with Crippen LogP contribution in [0.3, 0.4) is 0 Å². The van der Waals surface area contributed by atoms with Crippen LogP contribution in [0.5, 0.6) is 0 Å². The summed E-state index contributed by atoms with van der Waals surface area (Å²) in [6.07, 6.45) is 3.79. The lowest BCUT2D eigenvalue weighted by atomic mass is 10.0. The van der Waals surface area contributed by atoms with Crippen LogP contribution in [0.15, 0.2) is 0 Å². The minimum absolute atomic E-state index is 0.0124. The molecule has 0 saturated carbocycles. The van der Waals surface area contributed by atoms with E-state index in [9.17, 15) is 13.2 Å². The third-order valence-corrected chi connectivity index (χ3v) is 5.18. The molecule has 0 spiro atoms. The Bertz CT molecular complexity index is 414. The maximum Gasteiger partial charge on any atom is 0.336 e. The number of carbonyl (C=O) groups excluding carboxylic acids is 1. The Labute approximate surface area is 129 Å². The molecular weight excluding hydrogens is 350 g/mol. The van der Waals surface area contributed by atoms with Gasteiger partial charge in [-0.05, 0) is 6.42 Å². The average Bonchev–Trinajstić information content (AvgIpc) is 2.48. The molecule has 0 radical (unpaired) electrons. The molecule has 0 unspecified atom stereocenters. The van der Waals surface area contributed by atoms with E-state index in [-0.39, 0.29) is 11.4 Å². The molecule has 6 nitrogen and oxygen atoms in total. The number of rotatable bonds is 6. The molecule has 1 saturated heterocycles. The summed E-state index contributed by atoms with van der Waals surface area (Å²) in [7, 11) is -3.78. The van der Waals surface area contributed by atoms with Gasteiger partial charge in [-0.3, -0.25) is 8.98 Å². The maximum atomic E-state index is 11.7. The molecule has 0 aromatic carbocycles. The number of halogens is 1. The molecule has 0 aliphatic carbocycles. The van der Waals surface area contributed by atoms with Gasteiger partial charge in [-0.15, -0.1) is 0 Å². The zero-order valence-electron chi connectivity index (χ0n) is 11.8. The third kappa shape index (κ3) is 6.07. The highest BCUT2D eigenvalue weighted by Crippen LogP contribution is 2.23. The molecule has 0 aromatic rings. The Hall–Kier alpha value is -0.180.